The second-order valence-electron chi connectivity index (χ2n) is 9.10. The second-order valence-corrected chi connectivity index (χ2v) is 9.10. The van der Waals surface area contributed by atoms with Gasteiger partial charge in [0.1, 0.15) is 0 Å². The van der Waals surface area contributed by atoms with Gasteiger partial charge in [0, 0.05) is 18.4 Å². The molecule has 1 N–H and O–H groups in total. The number of carboxylic acid groups (broad SMARTS) is 1. The Hall–Kier alpha value is -3.08. The smallest absolute Gasteiger partial charge is 0.336 e. The topological polar surface area (TPSA) is 64.2 Å². The number of imidazole rings is 1. The van der Waals surface area contributed by atoms with Crippen molar-refractivity contribution in [3.05, 3.63) is 82.0 Å². The Morgan fingerprint density at radius 2 is 1.53 bits per heavy atom. The van der Waals surface area contributed by atoms with Crippen LogP contribution in [0.4, 0.5) is 0 Å². The van der Waals surface area contributed by atoms with Crippen molar-refractivity contribution in [2.24, 2.45) is 0 Å². The van der Waals surface area contributed by atoms with Crippen molar-refractivity contribution in [1.82, 2.24) is 9.13 Å². The van der Waals surface area contributed by atoms with Gasteiger partial charge in [-0.05, 0) is 42.0 Å². The summed E-state index contributed by atoms with van der Waals surface area (Å²) in [4.78, 5) is 24.8. The lowest BCUT2D eigenvalue weighted by Crippen LogP contribution is -2.25. The summed E-state index contributed by atoms with van der Waals surface area (Å²) in [6.45, 7) is 5.72. The van der Waals surface area contributed by atoms with E-state index in [-0.39, 0.29) is 5.69 Å². The molecule has 0 bridgehead atoms. The van der Waals surface area contributed by atoms with Crippen LogP contribution in [0.15, 0.2) is 59.5 Å². The average molecular weight is 463 g/mol. The van der Waals surface area contributed by atoms with E-state index in [9.17, 15) is 14.7 Å². The third-order valence-electron chi connectivity index (χ3n) is 6.43. The first-order valence-electron chi connectivity index (χ1n) is 12.8. The molecule has 0 aliphatic heterocycles. The van der Waals surface area contributed by atoms with Crippen LogP contribution in [0.1, 0.15) is 86.8 Å². The molecule has 1 heterocycles. The molecule has 2 aromatic carbocycles. The number of aromatic carboxylic acids is 1. The summed E-state index contributed by atoms with van der Waals surface area (Å²) in [6, 6.07) is 14.9. The standard InChI is InChI=1S/C29H38N2O3/c1-3-5-7-9-13-25-22-30(20-12-8-6-4-2)29(34)31(25)21-23-16-18-24(19-17-23)26-14-10-11-15-27(26)28(32)33/h10-11,14-19,22H,3-9,12-13,20-21H2,1-2H3,(H,32,33). The van der Waals surface area contributed by atoms with E-state index in [0.29, 0.717) is 17.7 Å². The van der Waals surface area contributed by atoms with Crippen molar-refractivity contribution in [1.29, 1.82) is 0 Å². The normalized spacial score (nSPS) is 11.1. The van der Waals surface area contributed by atoms with Crippen LogP contribution < -0.4 is 5.69 Å². The molecule has 0 atom stereocenters. The van der Waals surface area contributed by atoms with E-state index >= 15 is 0 Å². The van der Waals surface area contributed by atoms with Crippen molar-refractivity contribution in [3.63, 3.8) is 0 Å². The van der Waals surface area contributed by atoms with E-state index in [2.05, 4.69) is 20.0 Å². The fraction of sp³-hybridized carbons (Fsp3) is 0.448. The van der Waals surface area contributed by atoms with E-state index in [1.165, 1.54) is 32.1 Å². The molecule has 3 aromatic rings. The quantitative estimate of drug-likeness (QED) is 0.269. The molecule has 0 amide bonds. The number of carbonyl (C=O) groups is 1. The van der Waals surface area contributed by atoms with Crippen molar-refractivity contribution in [2.45, 2.75) is 84.7 Å². The fourth-order valence-electron chi connectivity index (χ4n) is 4.45. The Kier molecular flexibility index (Phi) is 9.75. The van der Waals surface area contributed by atoms with E-state index in [1.54, 1.807) is 12.1 Å². The highest BCUT2D eigenvalue weighted by atomic mass is 16.4. The Morgan fingerprint density at radius 3 is 2.21 bits per heavy atom. The Bertz CT molecular complexity index is 1110. The van der Waals surface area contributed by atoms with Crippen molar-refractivity contribution in [3.8, 4) is 11.1 Å². The van der Waals surface area contributed by atoms with Gasteiger partial charge in [-0.1, -0.05) is 94.8 Å². The van der Waals surface area contributed by atoms with Gasteiger partial charge in [-0.25, -0.2) is 9.59 Å². The van der Waals surface area contributed by atoms with Gasteiger partial charge in [0.2, 0.25) is 0 Å². The summed E-state index contributed by atoms with van der Waals surface area (Å²) in [5.74, 6) is -0.931. The summed E-state index contributed by atoms with van der Waals surface area (Å²) in [6.07, 6.45) is 12.3. The summed E-state index contributed by atoms with van der Waals surface area (Å²) < 4.78 is 3.81. The first kappa shape index (κ1) is 25.5. The van der Waals surface area contributed by atoms with Crippen LogP contribution in [-0.2, 0) is 19.5 Å². The number of aromatic nitrogens is 2. The van der Waals surface area contributed by atoms with Gasteiger partial charge in [0.25, 0.3) is 0 Å². The Morgan fingerprint density at radius 1 is 0.853 bits per heavy atom. The fourth-order valence-corrected chi connectivity index (χ4v) is 4.45. The first-order valence-corrected chi connectivity index (χ1v) is 12.8. The van der Waals surface area contributed by atoms with Crippen LogP contribution in [0.5, 0.6) is 0 Å². The zero-order valence-corrected chi connectivity index (χ0v) is 20.6. The minimum Gasteiger partial charge on any atom is -0.478 e. The largest absolute Gasteiger partial charge is 0.478 e. The predicted molar refractivity (Wildman–Crippen MR) is 139 cm³/mol. The van der Waals surface area contributed by atoms with Crippen LogP contribution >= 0.6 is 0 Å². The summed E-state index contributed by atoms with van der Waals surface area (Å²) in [5.41, 5.74) is 4.08. The van der Waals surface area contributed by atoms with Crippen LogP contribution in [0.2, 0.25) is 0 Å². The van der Waals surface area contributed by atoms with E-state index < -0.39 is 5.97 Å². The molecule has 5 heteroatoms. The maximum Gasteiger partial charge on any atom is 0.336 e. The third kappa shape index (κ3) is 6.72. The lowest BCUT2D eigenvalue weighted by atomic mass is 9.99. The van der Waals surface area contributed by atoms with Crippen molar-refractivity contribution in [2.75, 3.05) is 0 Å². The summed E-state index contributed by atoms with van der Waals surface area (Å²) >= 11 is 0. The lowest BCUT2D eigenvalue weighted by Gasteiger charge is -2.10. The molecule has 0 aliphatic carbocycles. The molecular formula is C29H38N2O3. The average Bonchev–Trinajstić information content (AvgIpc) is 3.14. The monoisotopic (exact) mass is 462 g/mol. The molecule has 0 spiro atoms. The van der Waals surface area contributed by atoms with Crippen LogP contribution in [0.25, 0.3) is 11.1 Å². The maximum absolute atomic E-state index is 13.2. The zero-order valence-electron chi connectivity index (χ0n) is 20.6. The minimum atomic E-state index is -0.931. The summed E-state index contributed by atoms with van der Waals surface area (Å²) in [5, 5.41) is 9.50. The second kappa shape index (κ2) is 13.0. The maximum atomic E-state index is 13.2. The van der Waals surface area contributed by atoms with Gasteiger partial charge in [-0.15, -0.1) is 0 Å². The highest BCUT2D eigenvalue weighted by Gasteiger charge is 2.13. The Balaban J connectivity index is 1.80. The van der Waals surface area contributed by atoms with Gasteiger partial charge in [0.05, 0.1) is 12.1 Å². The number of unbranched alkanes of at least 4 members (excludes halogenated alkanes) is 6. The molecule has 0 aliphatic rings. The van der Waals surface area contributed by atoms with Crippen LogP contribution in [0, 0.1) is 0 Å². The number of hydrogen-bond donors (Lipinski definition) is 1. The highest BCUT2D eigenvalue weighted by molar-refractivity contribution is 5.95. The number of carboxylic acids is 1. The highest BCUT2D eigenvalue weighted by Crippen LogP contribution is 2.24. The zero-order chi connectivity index (χ0) is 24.3. The lowest BCUT2D eigenvalue weighted by molar-refractivity contribution is 0.0697. The number of aryl methyl sites for hydroxylation is 2. The van der Waals surface area contributed by atoms with Gasteiger partial charge < -0.3 is 5.11 Å². The Labute approximate surface area is 203 Å². The number of benzene rings is 2. The SMILES string of the molecule is CCCCCCc1cn(CCCCCC)c(=O)n1Cc1ccc(-c2ccccc2C(=O)O)cc1. The van der Waals surface area contributed by atoms with Crippen LogP contribution in [-0.4, -0.2) is 20.2 Å². The van der Waals surface area contributed by atoms with E-state index in [4.69, 9.17) is 0 Å². The van der Waals surface area contributed by atoms with Crippen molar-refractivity contribution < 1.29 is 9.90 Å². The molecule has 0 fully saturated rings. The molecule has 0 unspecified atom stereocenters. The minimum absolute atomic E-state index is 0.0716. The molecule has 3 rings (SSSR count). The number of nitrogens with zero attached hydrogens (tertiary/aromatic N) is 2. The van der Waals surface area contributed by atoms with Gasteiger partial charge in [-0.3, -0.25) is 9.13 Å². The molecule has 182 valence electrons. The first-order chi connectivity index (χ1) is 16.5. The molecular weight excluding hydrogens is 424 g/mol. The van der Waals surface area contributed by atoms with Gasteiger partial charge >= 0.3 is 11.7 Å². The third-order valence-corrected chi connectivity index (χ3v) is 6.43. The van der Waals surface area contributed by atoms with Gasteiger partial charge in [-0.2, -0.15) is 0 Å². The van der Waals surface area contributed by atoms with Gasteiger partial charge in [0.15, 0.2) is 0 Å². The molecule has 0 saturated heterocycles. The molecule has 34 heavy (non-hydrogen) atoms. The molecule has 1 aromatic heterocycles. The molecule has 0 saturated carbocycles. The van der Waals surface area contributed by atoms with Crippen LogP contribution in [0.3, 0.4) is 0 Å². The number of rotatable bonds is 14. The van der Waals surface area contributed by atoms with E-state index in [1.807, 2.05) is 45.5 Å². The molecule has 0 radical (unpaired) electrons. The predicted octanol–water partition coefficient (Wildman–Crippen LogP) is 6.77. The summed E-state index contributed by atoms with van der Waals surface area (Å²) in [7, 11) is 0. The van der Waals surface area contributed by atoms with Crippen molar-refractivity contribution >= 4 is 5.97 Å². The molecule has 5 nitrogen and oxygen atoms in total. The number of hydrogen-bond acceptors (Lipinski definition) is 2. The van der Waals surface area contributed by atoms with E-state index in [0.717, 1.165) is 49.0 Å².